The van der Waals surface area contributed by atoms with Gasteiger partial charge in [0.1, 0.15) is 5.75 Å². The highest BCUT2D eigenvalue weighted by Gasteiger charge is 2.35. The van der Waals surface area contributed by atoms with Gasteiger partial charge >= 0.3 is 0 Å². The second-order valence-corrected chi connectivity index (χ2v) is 7.81. The lowest BCUT2D eigenvalue weighted by Gasteiger charge is -2.39. The van der Waals surface area contributed by atoms with E-state index < -0.39 is 5.44 Å². The second kappa shape index (κ2) is 6.63. The Bertz CT molecular complexity index is 771. The maximum Gasteiger partial charge on any atom is 0.272 e. The predicted molar refractivity (Wildman–Crippen MR) is 99.5 cm³/mol. The molecular formula is C19H24N2O2S. The molecule has 1 aliphatic carbocycles. The van der Waals surface area contributed by atoms with Crippen molar-refractivity contribution in [2.45, 2.75) is 51.0 Å². The van der Waals surface area contributed by atoms with Crippen molar-refractivity contribution in [1.29, 1.82) is 0 Å². The number of aromatic nitrogens is 1. The molecule has 1 aromatic heterocycles. The molecule has 1 atom stereocenters. The Morgan fingerprint density at radius 2 is 2.08 bits per heavy atom. The number of nitrogens with zero attached hydrogens (tertiary/aromatic N) is 1. The number of amides is 1. The molecule has 1 saturated carbocycles. The van der Waals surface area contributed by atoms with Crippen LogP contribution < -0.4 is 10.1 Å². The minimum absolute atomic E-state index is 0.0511. The average molecular weight is 344 g/mol. The quantitative estimate of drug-likeness (QED) is 0.834. The Balaban J connectivity index is 1.80. The largest absolute Gasteiger partial charge is 0.470 e. The Hall–Kier alpha value is -1.75. The van der Waals surface area contributed by atoms with Crippen molar-refractivity contribution in [3.05, 3.63) is 35.5 Å². The summed E-state index contributed by atoms with van der Waals surface area (Å²) in [5.74, 6) is 0.658. The van der Waals surface area contributed by atoms with Crippen LogP contribution in [0.2, 0.25) is 0 Å². The molecule has 1 amide bonds. The van der Waals surface area contributed by atoms with Gasteiger partial charge in [0.2, 0.25) is 5.44 Å². The van der Waals surface area contributed by atoms with Crippen LogP contribution >= 0.6 is 11.8 Å². The van der Waals surface area contributed by atoms with Crippen molar-refractivity contribution >= 4 is 28.6 Å². The number of carbonyl (C=O) groups excluding carboxylic acids is 1. The summed E-state index contributed by atoms with van der Waals surface area (Å²) < 4.78 is 5.99. The number of benzene rings is 1. The Morgan fingerprint density at radius 3 is 2.71 bits per heavy atom. The monoisotopic (exact) mass is 344 g/mol. The van der Waals surface area contributed by atoms with Crippen LogP contribution in [0.1, 0.15) is 37.3 Å². The Labute approximate surface area is 147 Å². The van der Waals surface area contributed by atoms with Gasteiger partial charge < -0.3 is 10.1 Å². The number of nitrogens with one attached hydrogen (secondary N) is 1. The van der Waals surface area contributed by atoms with Gasteiger partial charge in [-0.1, -0.05) is 0 Å². The molecule has 1 aliphatic rings. The van der Waals surface area contributed by atoms with Gasteiger partial charge in [-0.25, -0.2) is 0 Å². The molecule has 4 nitrogen and oxygen atoms in total. The van der Waals surface area contributed by atoms with E-state index in [1.165, 1.54) is 18.2 Å². The topological polar surface area (TPSA) is 51.2 Å². The summed E-state index contributed by atoms with van der Waals surface area (Å²) in [5.41, 5.74) is 2.52. The number of rotatable bonds is 5. The number of hydrogen-bond donors (Lipinski definition) is 1. The molecule has 1 unspecified atom stereocenters. The number of pyridine rings is 1. The molecular weight excluding hydrogens is 320 g/mol. The molecule has 2 aromatic rings. The molecule has 24 heavy (non-hydrogen) atoms. The number of aryl methyl sites for hydroxylation is 2. The predicted octanol–water partition coefficient (Wildman–Crippen LogP) is 3.98. The van der Waals surface area contributed by atoms with Crippen LogP contribution in [-0.2, 0) is 4.79 Å². The van der Waals surface area contributed by atoms with Crippen molar-refractivity contribution in [2.24, 2.45) is 0 Å². The van der Waals surface area contributed by atoms with Crippen molar-refractivity contribution in [2.75, 3.05) is 6.26 Å². The van der Waals surface area contributed by atoms with Gasteiger partial charge in [-0.05, 0) is 75.6 Å². The third-order valence-electron chi connectivity index (χ3n) is 4.64. The first-order valence-corrected chi connectivity index (χ1v) is 9.57. The lowest BCUT2D eigenvalue weighted by atomic mass is 9.78. The van der Waals surface area contributed by atoms with E-state index >= 15 is 0 Å². The van der Waals surface area contributed by atoms with Crippen LogP contribution in [0, 0.1) is 13.8 Å². The fourth-order valence-corrected chi connectivity index (χ4v) is 3.58. The van der Waals surface area contributed by atoms with E-state index in [-0.39, 0.29) is 11.4 Å². The number of hydrogen-bond acceptors (Lipinski definition) is 4. The lowest BCUT2D eigenvalue weighted by molar-refractivity contribution is -0.127. The molecule has 0 spiro atoms. The number of carbonyl (C=O) groups is 1. The van der Waals surface area contributed by atoms with E-state index in [1.807, 2.05) is 38.4 Å². The van der Waals surface area contributed by atoms with Crippen molar-refractivity contribution in [3.8, 4) is 5.75 Å². The van der Waals surface area contributed by atoms with Gasteiger partial charge in [0.25, 0.3) is 5.91 Å². The average Bonchev–Trinajstić information content (AvgIpc) is 2.50. The molecule has 0 bridgehead atoms. The first-order chi connectivity index (χ1) is 11.4. The zero-order chi connectivity index (χ0) is 17.3. The van der Waals surface area contributed by atoms with Crippen LogP contribution in [-0.4, -0.2) is 28.1 Å². The lowest BCUT2D eigenvalue weighted by Crippen LogP contribution is -2.54. The number of fused-ring (bicyclic) bond motifs is 1. The molecule has 1 fully saturated rings. The Kier molecular flexibility index (Phi) is 4.72. The van der Waals surface area contributed by atoms with Crippen molar-refractivity contribution in [1.82, 2.24) is 10.3 Å². The standard InChI is InChI=1S/C19H24N2O2S/c1-12-8-14-10-15(9-13(2)16(14)20-11-12)23-18(24-4)17(22)21-19(3)6-5-7-19/h8-11,18H,5-7H2,1-4H3,(H,21,22). The molecule has 0 radical (unpaired) electrons. The van der Waals surface area contributed by atoms with Gasteiger partial charge in [-0.2, -0.15) is 0 Å². The number of ether oxygens (including phenoxy) is 1. The minimum atomic E-state index is -0.544. The molecule has 3 rings (SSSR count). The maximum atomic E-state index is 12.5. The van der Waals surface area contributed by atoms with E-state index in [0.717, 1.165) is 34.9 Å². The first kappa shape index (κ1) is 17.1. The number of thioether (sulfide) groups is 1. The summed E-state index contributed by atoms with van der Waals surface area (Å²) in [6.45, 7) is 6.13. The minimum Gasteiger partial charge on any atom is -0.470 e. The van der Waals surface area contributed by atoms with Gasteiger partial charge in [0.05, 0.1) is 5.52 Å². The van der Waals surface area contributed by atoms with E-state index in [9.17, 15) is 4.79 Å². The maximum absolute atomic E-state index is 12.5. The van der Waals surface area contributed by atoms with E-state index in [1.54, 1.807) is 0 Å². The molecule has 1 heterocycles. The molecule has 0 saturated heterocycles. The molecule has 0 aliphatic heterocycles. The SMILES string of the molecule is CSC(Oc1cc(C)c2ncc(C)cc2c1)C(=O)NC1(C)CCC1. The summed E-state index contributed by atoms with van der Waals surface area (Å²) in [6, 6.07) is 6.00. The first-order valence-electron chi connectivity index (χ1n) is 8.29. The van der Waals surface area contributed by atoms with Gasteiger partial charge in [0.15, 0.2) is 0 Å². The van der Waals surface area contributed by atoms with Crippen LogP contribution in [0.5, 0.6) is 5.75 Å². The van der Waals surface area contributed by atoms with E-state index in [0.29, 0.717) is 5.75 Å². The molecule has 128 valence electrons. The summed E-state index contributed by atoms with van der Waals surface area (Å²) >= 11 is 1.41. The molecule has 1 N–H and O–H groups in total. The zero-order valence-electron chi connectivity index (χ0n) is 14.7. The highest BCUT2D eigenvalue weighted by Crippen LogP contribution is 2.32. The van der Waals surface area contributed by atoms with Gasteiger partial charge in [0, 0.05) is 17.1 Å². The van der Waals surface area contributed by atoms with Crippen LogP contribution in [0.15, 0.2) is 24.4 Å². The Morgan fingerprint density at radius 1 is 1.33 bits per heavy atom. The fourth-order valence-electron chi connectivity index (χ4n) is 3.10. The normalized spacial score (nSPS) is 17.2. The van der Waals surface area contributed by atoms with Gasteiger partial charge in [-0.15, -0.1) is 11.8 Å². The fraction of sp³-hybridized carbons (Fsp3) is 0.474. The smallest absolute Gasteiger partial charge is 0.272 e. The van der Waals surface area contributed by atoms with E-state index in [4.69, 9.17) is 4.74 Å². The van der Waals surface area contributed by atoms with E-state index in [2.05, 4.69) is 23.3 Å². The highest BCUT2D eigenvalue weighted by molar-refractivity contribution is 7.99. The summed E-state index contributed by atoms with van der Waals surface area (Å²) in [6.07, 6.45) is 7.03. The molecule has 5 heteroatoms. The third-order valence-corrected chi connectivity index (χ3v) is 5.38. The summed E-state index contributed by atoms with van der Waals surface area (Å²) in [4.78, 5) is 17.0. The van der Waals surface area contributed by atoms with Gasteiger partial charge in [-0.3, -0.25) is 9.78 Å². The highest BCUT2D eigenvalue weighted by atomic mass is 32.2. The summed E-state index contributed by atoms with van der Waals surface area (Å²) in [7, 11) is 0. The van der Waals surface area contributed by atoms with Crippen molar-refractivity contribution in [3.63, 3.8) is 0 Å². The van der Waals surface area contributed by atoms with Crippen LogP contribution in [0.25, 0.3) is 10.9 Å². The summed E-state index contributed by atoms with van der Waals surface area (Å²) in [5, 5.41) is 4.17. The second-order valence-electron chi connectivity index (χ2n) is 6.91. The van der Waals surface area contributed by atoms with Crippen LogP contribution in [0.3, 0.4) is 0 Å². The van der Waals surface area contributed by atoms with Crippen LogP contribution in [0.4, 0.5) is 0 Å². The zero-order valence-corrected chi connectivity index (χ0v) is 15.5. The van der Waals surface area contributed by atoms with Crippen molar-refractivity contribution < 1.29 is 9.53 Å². The molecule has 1 aromatic carbocycles. The third kappa shape index (κ3) is 3.51.